The van der Waals surface area contributed by atoms with Crippen LogP contribution in [-0.4, -0.2) is 10.1 Å². The Kier molecular flexibility index (Phi) is 1.30. The van der Waals surface area contributed by atoms with Gasteiger partial charge in [-0.25, -0.2) is 4.98 Å². The van der Waals surface area contributed by atoms with Crippen LogP contribution in [0.15, 0.2) is 10.6 Å². The van der Waals surface area contributed by atoms with Crippen LogP contribution in [0.25, 0.3) is 11.1 Å². The molecule has 4 nitrogen and oxygen atoms in total. The van der Waals surface area contributed by atoms with E-state index in [4.69, 9.17) is 10.3 Å². The number of aryl methyl sites for hydroxylation is 2. The van der Waals surface area contributed by atoms with Crippen LogP contribution in [-0.2, 0) is 0 Å². The molecule has 12 heavy (non-hydrogen) atoms. The molecule has 0 aliphatic carbocycles. The first-order valence-electron chi connectivity index (χ1n) is 3.67. The van der Waals surface area contributed by atoms with E-state index in [1.165, 1.54) is 0 Å². The van der Waals surface area contributed by atoms with Crippen LogP contribution in [0.2, 0.25) is 0 Å². The van der Waals surface area contributed by atoms with E-state index in [0.717, 1.165) is 16.6 Å². The van der Waals surface area contributed by atoms with Crippen LogP contribution in [0.3, 0.4) is 0 Å². The monoisotopic (exact) mass is 163 g/mol. The van der Waals surface area contributed by atoms with Gasteiger partial charge in [0.2, 0.25) is 0 Å². The van der Waals surface area contributed by atoms with Crippen LogP contribution in [0.4, 0.5) is 5.82 Å². The molecule has 2 heterocycles. The number of pyridine rings is 1. The fourth-order valence-electron chi connectivity index (χ4n) is 1.32. The molecule has 0 atom stereocenters. The van der Waals surface area contributed by atoms with E-state index in [-0.39, 0.29) is 0 Å². The summed E-state index contributed by atoms with van der Waals surface area (Å²) in [5.41, 5.74) is 8.07. The van der Waals surface area contributed by atoms with Crippen LogP contribution < -0.4 is 5.73 Å². The van der Waals surface area contributed by atoms with E-state index in [9.17, 15) is 0 Å². The molecule has 0 saturated heterocycles. The molecular formula is C8H9N3O. The van der Waals surface area contributed by atoms with Crippen LogP contribution in [0.5, 0.6) is 0 Å². The van der Waals surface area contributed by atoms with Crippen LogP contribution in [0.1, 0.15) is 11.3 Å². The molecule has 0 aliphatic rings. The molecule has 0 saturated carbocycles. The molecule has 0 unspecified atom stereocenters. The normalized spacial score (nSPS) is 10.8. The van der Waals surface area contributed by atoms with Gasteiger partial charge in [0.1, 0.15) is 0 Å². The third-order valence-electron chi connectivity index (χ3n) is 1.80. The molecule has 0 aliphatic heterocycles. The van der Waals surface area contributed by atoms with Gasteiger partial charge in [0.25, 0.3) is 5.71 Å². The molecule has 0 aromatic carbocycles. The van der Waals surface area contributed by atoms with Gasteiger partial charge >= 0.3 is 0 Å². The van der Waals surface area contributed by atoms with Crippen LogP contribution >= 0.6 is 0 Å². The van der Waals surface area contributed by atoms with E-state index >= 15 is 0 Å². The Morgan fingerprint density at radius 3 is 2.92 bits per heavy atom. The van der Waals surface area contributed by atoms with E-state index < -0.39 is 0 Å². The predicted molar refractivity (Wildman–Crippen MR) is 45.7 cm³/mol. The molecule has 0 spiro atoms. The number of nitrogens with two attached hydrogens (primary N) is 1. The number of nitrogens with zero attached hydrogens (tertiary/aromatic N) is 2. The summed E-state index contributed by atoms with van der Waals surface area (Å²) in [6.07, 6.45) is 0. The van der Waals surface area contributed by atoms with Crippen molar-refractivity contribution in [3.05, 3.63) is 17.3 Å². The minimum Gasteiger partial charge on any atom is -0.380 e. The minimum atomic E-state index is 0.412. The van der Waals surface area contributed by atoms with E-state index in [0.29, 0.717) is 11.5 Å². The molecule has 0 radical (unpaired) electrons. The largest absolute Gasteiger partial charge is 0.380 e. The van der Waals surface area contributed by atoms with Gasteiger partial charge in [0.05, 0.1) is 5.39 Å². The number of rotatable bonds is 0. The Morgan fingerprint density at radius 2 is 2.17 bits per heavy atom. The standard InChI is InChI=1S/C8H9N3O/c1-4-3-5(2)10-8-6(4)7(9)11-12-8/h3H,1-2H3,(H2,9,11). The summed E-state index contributed by atoms with van der Waals surface area (Å²) in [4.78, 5) is 4.15. The quantitative estimate of drug-likeness (QED) is 0.637. The SMILES string of the molecule is Cc1cc(C)c2c(N)noc2n1. The van der Waals surface area contributed by atoms with Crippen molar-refractivity contribution >= 4 is 16.9 Å². The second-order valence-electron chi connectivity index (χ2n) is 2.83. The van der Waals surface area contributed by atoms with Crippen molar-refractivity contribution in [2.24, 2.45) is 0 Å². The van der Waals surface area contributed by atoms with Crippen molar-refractivity contribution in [2.45, 2.75) is 13.8 Å². The number of hydrogen-bond acceptors (Lipinski definition) is 4. The highest BCUT2D eigenvalue weighted by Crippen LogP contribution is 2.22. The van der Waals surface area contributed by atoms with E-state index in [1.807, 2.05) is 19.9 Å². The Morgan fingerprint density at radius 1 is 1.42 bits per heavy atom. The molecule has 2 aromatic rings. The van der Waals surface area contributed by atoms with Crippen molar-refractivity contribution in [1.82, 2.24) is 10.1 Å². The number of nitrogen functional groups attached to an aromatic ring is 1. The van der Waals surface area contributed by atoms with Gasteiger partial charge in [-0.1, -0.05) is 5.16 Å². The Balaban J connectivity index is 2.93. The van der Waals surface area contributed by atoms with Gasteiger partial charge < -0.3 is 10.3 Å². The maximum Gasteiger partial charge on any atom is 0.260 e. The van der Waals surface area contributed by atoms with E-state index in [2.05, 4.69) is 10.1 Å². The Hall–Kier alpha value is -1.58. The summed E-state index contributed by atoms with van der Waals surface area (Å²) in [5, 5.41) is 4.46. The summed E-state index contributed by atoms with van der Waals surface area (Å²) in [6, 6.07) is 1.95. The third kappa shape index (κ3) is 0.845. The lowest BCUT2D eigenvalue weighted by atomic mass is 10.2. The number of fused-ring (bicyclic) bond motifs is 1. The average Bonchev–Trinajstić information content (AvgIpc) is 2.31. The predicted octanol–water partition coefficient (Wildman–Crippen LogP) is 1.42. The Labute approximate surface area is 69.4 Å². The topological polar surface area (TPSA) is 64.9 Å². The highest BCUT2D eigenvalue weighted by Gasteiger charge is 2.08. The molecule has 2 aromatic heterocycles. The molecule has 2 N–H and O–H groups in total. The van der Waals surface area contributed by atoms with Gasteiger partial charge in [0, 0.05) is 5.69 Å². The molecule has 4 heteroatoms. The molecule has 0 amide bonds. The first-order valence-corrected chi connectivity index (χ1v) is 3.67. The number of aromatic nitrogens is 2. The fourth-order valence-corrected chi connectivity index (χ4v) is 1.32. The lowest BCUT2D eigenvalue weighted by molar-refractivity contribution is 0.452. The smallest absolute Gasteiger partial charge is 0.260 e. The molecule has 62 valence electrons. The second-order valence-corrected chi connectivity index (χ2v) is 2.83. The van der Waals surface area contributed by atoms with Gasteiger partial charge in [-0.2, -0.15) is 0 Å². The second kappa shape index (κ2) is 2.20. The zero-order chi connectivity index (χ0) is 8.72. The van der Waals surface area contributed by atoms with Gasteiger partial charge in [-0.15, -0.1) is 0 Å². The third-order valence-corrected chi connectivity index (χ3v) is 1.80. The minimum absolute atomic E-state index is 0.412. The van der Waals surface area contributed by atoms with Gasteiger partial charge in [-0.05, 0) is 25.5 Å². The summed E-state index contributed by atoms with van der Waals surface area (Å²) in [5.74, 6) is 0.412. The highest BCUT2D eigenvalue weighted by molar-refractivity contribution is 5.87. The summed E-state index contributed by atoms with van der Waals surface area (Å²) < 4.78 is 4.92. The zero-order valence-corrected chi connectivity index (χ0v) is 6.96. The Bertz CT molecular complexity index is 433. The lowest BCUT2D eigenvalue weighted by Gasteiger charge is -1.95. The molecule has 0 fully saturated rings. The highest BCUT2D eigenvalue weighted by atomic mass is 16.5. The van der Waals surface area contributed by atoms with Gasteiger partial charge in [0.15, 0.2) is 5.82 Å². The summed E-state index contributed by atoms with van der Waals surface area (Å²) in [7, 11) is 0. The van der Waals surface area contributed by atoms with E-state index in [1.54, 1.807) is 0 Å². The van der Waals surface area contributed by atoms with Crippen molar-refractivity contribution in [3.63, 3.8) is 0 Å². The maximum atomic E-state index is 5.58. The van der Waals surface area contributed by atoms with Crippen molar-refractivity contribution < 1.29 is 4.52 Å². The number of anilines is 1. The summed E-state index contributed by atoms with van der Waals surface area (Å²) in [6.45, 7) is 3.87. The summed E-state index contributed by atoms with van der Waals surface area (Å²) >= 11 is 0. The average molecular weight is 163 g/mol. The lowest BCUT2D eigenvalue weighted by Crippen LogP contribution is -1.88. The van der Waals surface area contributed by atoms with Gasteiger partial charge in [-0.3, -0.25) is 0 Å². The van der Waals surface area contributed by atoms with Crippen molar-refractivity contribution in [3.8, 4) is 0 Å². The number of hydrogen-bond donors (Lipinski definition) is 1. The van der Waals surface area contributed by atoms with Crippen molar-refractivity contribution in [1.29, 1.82) is 0 Å². The first kappa shape index (κ1) is 7.09. The van der Waals surface area contributed by atoms with Crippen molar-refractivity contribution in [2.75, 3.05) is 5.73 Å². The fraction of sp³-hybridized carbons (Fsp3) is 0.250. The molecule has 2 rings (SSSR count). The first-order chi connectivity index (χ1) is 5.68. The maximum absolute atomic E-state index is 5.58. The molecular weight excluding hydrogens is 154 g/mol. The van der Waals surface area contributed by atoms with Crippen LogP contribution in [0, 0.1) is 13.8 Å². The molecule has 0 bridgehead atoms. The zero-order valence-electron chi connectivity index (χ0n) is 6.96.